The summed E-state index contributed by atoms with van der Waals surface area (Å²) in [6.45, 7) is 1.85. The van der Waals surface area contributed by atoms with Gasteiger partial charge in [-0.3, -0.25) is 4.79 Å². The molecule has 0 radical (unpaired) electrons. The zero-order chi connectivity index (χ0) is 22.2. The Bertz CT molecular complexity index is 1040. The smallest absolute Gasteiger partial charge is 0.312 e. The van der Waals surface area contributed by atoms with E-state index in [1.165, 1.54) is 0 Å². The van der Waals surface area contributed by atoms with Gasteiger partial charge < -0.3 is 21.1 Å². The third-order valence-corrected chi connectivity index (χ3v) is 5.04. The normalized spacial score (nSPS) is 12.5. The molecule has 0 aliphatic heterocycles. The summed E-state index contributed by atoms with van der Waals surface area (Å²) < 4.78 is 5.86. The van der Waals surface area contributed by atoms with E-state index < -0.39 is 12.1 Å². The average molecular weight is 438 g/mol. The SMILES string of the molecule is CC(NC(=O)CC(NC(N)=O)c1cccc(Oc2ccccc2)c1)c1ccccc1Cl. The number of nitrogens with two attached hydrogens (primary N) is 1. The summed E-state index contributed by atoms with van der Waals surface area (Å²) >= 11 is 6.22. The highest BCUT2D eigenvalue weighted by molar-refractivity contribution is 6.31. The number of urea groups is 1. The molecule has 0 fully saturated rings. The predicted molar refractivity (Wildman–Crippen MR) is 121 cm³/mol. The largest absolute Gasteiger partial charge is 0.457 e. The molecular weight excluding hydrogens is 414 g/mol. The molecule has 4 N–H and O–H groups in total. The van der Waals surface area contributed by atoms with Crippen molar-refractivity contribution in [2.75, 3.05) is 0 Å². The number of benzene rings is 3. The quantitative estimate of drug-likeness (QED) is 0.457. The standard InChI is InChI=1S/C24H24ClN3O3/c1-16(20-12-5-6-13-21(20)25)27-23(29)15-22(28-24(26)30)17-8-7-11-19(14-17)31-18-9-3-2-4-10-18/h2-14,16,22H,15H2,1H3,(H,27,29)(H3,26,28,30). The van der Waals surface area contributed by atoms with E-state index in [0.717, 1.165) is 5.56 Å². The van der Waals surface area contributed by atoms with Crippen molar-refractivity contribution in [1.29, 1.82) is 0 Å². The van der Waals surface area contributed by atoms with Crippen LogP contribution in [0.1, 0.15) is 36.6 Å². The minimum Gasteiger partial charge on any atom is -0.457 e. The van der Waals surface area contributed by atoms with Crippen molar-refractivity contribution < 1.29 is 14.3 Å². The van der Waals surface area contributed by atoms with Crippen molar-refractivity contribution >= 4 is 23.5 Å². The number of nitrogens with one attached hydrogen (secondary N) is 2. The average Bonchev–Trinajstić information content (AvgIpc) is 2.74. The van der Waals surface area contributed by atoms with Crippen LogP contribution in [0.2, 0.25) is 5.02 Å². The second kappa shape index (κ2) is 10.5. The fourth-order valence-corrected chi connectivity index (χ4v) is 3.53. The van der Waals surface area contributed by atoms with Crippen molar-refractivity contribution in [3.63, 3.8) is 0 Å². The van der Waals surface area contributed by atoms with Crippen LogP contribution in [0.15, 0.2) is 78.9 Å². The van der Waals surface area contributed by atoms with Crippen LogP contribution in [0.4, 0.5) is 4.79 Å². The van der Waals surface area contributed by atoms with Crippen LogP contribution < -0.4 is 21.1 Å². The molecule has 0 spiro atoms. The van der Waals surface area contributed by atoms with Gasteiger partial charge in [-0.25, -0.2) is 4.79 Å². The molecular formula is C24H24ClN3O3. The van der Waals surface area contributed by atoms with Gasteiger partial charge in [-0.15, -0.1) is 0 Å². The first-order chi connectivity index (χ1) is 14.9. The summed E-state index contributed by atoms with van der Waals surface area (Å²) in [6, 6.07) is 22.2. The molecule has 0 aromatic heterocycles. The molecule has 3 amide bonds. The number of hydrogen-bond donors (Lipinski definition) is 3. The van der Waals surface area contributed by atoms with Crippen LogP contribution in [0, 0.1) is 0 Å². The third-order valence-electron chi connectivity index (χ3n) is 4.69. The van der Waals surface area contributed by atoms with E-state index in [-0.39, 0.29) is 18.4 Å². The van der Waals surface area contributed by atoms with E-state index in [1.807, 2.05) is 61.5 Å². The second-order valence-electron chi connectivity index (χ2n) is 7.06. The molecule has 2 unspecified atom stereocenters. The molecule has 3 rings (SSSR count). The summed E-state index contributed by atoms with van der Waals surface area (Å²) in [4.78, 5) is 24.3. The maximum absolute atomic E-state index is 12.7. The highest BCUT2D eigenvalue weighted by atomic mass is 35.5. The van der Waals surface area contributed by atoms with Crippen molar-refractivity contribution in [3.05, 3.63) is 95.0 Å². The van der Waals surface area contributed by atoms with Crippen LogP contribution in [0.25, 0.3) is 0 Å². The first-order valence-corrected chi connectivity index (χ1v) is 10.2. The zero-order valence-electron chi connectivity index (χ0n) is 17.0. The Labute approximate surface area is 186 Å². The Morgan fingerprint density at radius 3 is 2.32 bits per heavy atom. The van der Waals surface area contributed by atoms with Crippen LogP contribution in [-0.2, 0) is 4.79 Å². The number of carbonyl (C=O) groups is 2. The summed E-state index contributed by atoms with van der Waals surface area (Å²) in [5.41, 5.74) is 6.87. The van der Waals surface area contributed by atoms with E-state index in [1.54, 1.807) is 24.3 Å². The fourth-order valence-electron chi connectivity index (χ4n) is 3.23. The Morgan fingerprint density at radius 2 is 1.61 bits per heavy atom. The Kier molecular flexibility index (Phi) is 7.51. The molecule has 0 saturated carbocycles. The maximum atomic E-state index is 12.7. The lowest BCUT2D eigenvalue weighted by molar-refractivity contribution is -0.122. The number of carbonyl (C=O) groups excluding carboxylic acids is 2. The van der Waals surface area contributed by atoms with Gasteiger partial charge in [-0.05, 0) is 48.4 Å². The number of ether oxygens (including phenoxy) is 1. The van der Waals surface area contributed by atoms with Crippen LogP contribution in [0.3, 0.4) is 0 Å². The van der Waals surface area contributed by atoms with E-state index in [2.05, 4.69) is 10.6 Å². The zero-order valence-corrected chi connectivity index (χ0v) is 17.8. The van der Waals surface area contributed by atoms with Gasteiger partial charge in [0.05, 0.1) is 18.5 Å². The van der Waals surface area contributed by atoms with E-state index in [9.17, 15) is 9.59 Å². The van der Waals surface area contributed by atoms with Crippen LogP contribution in [-0.4, -0.2) is 11.9 Å². The van der Waals surface area contributed by atoms with Crippen LogP contribution in [0.5, 0.6) is 11.5 Å². The first-order valence-electron chi connectivity index (χ1n) is 9.85. The highest BCUT2D eigenvalue weighted by Gasteiger charge is 2.20. The number of primary amides is 1. The van der Waals surface area contributed by atoms with E-state index >= 15 is 0 Å². The van der Waals surface area contributed by atoms with Crippen molar-refractivity contribution in [3.8, 4) is 11.5 Å². The molecule has 2 atom stereocenters. The van der Waals surface area contributed by atoms with Gasteiger partial charge in [0.1, 0.15) is 11.5 Å². The maximum Gasteiger partial charge on any atom is 0.312 e. The Balaban J connectivity index is 1.73. The number of amides is 3. The minimum absolute atomic E-state index is 0.00647. The molecule has 0 aliphatic rings. The number of para-hydroxylation sites is 1. The van der Waals surface area contributed by atoms with E-state index in [4.69, 9.17) is 22.1 Å². The van der Waals surface area contributed by atoms with Crippen molar-refractivity contribution in [2.45, 2.75) is 25.4 Å². The van der Waals surface area contributed by atoms with Crippen LogP contribution >= 0.6 is 11.6 Å². The summed E-state index contributed by atoms with van der Waals surface area (Å²) in [6.07, 6.45) is 0.00647. The van der Waals surface area contributed by atoms with Gasteiger partial charge in [-0.2, -0.15) is 0 Å². The van der Waals surface area contributed by atoms with Gasteiger partial charge in [0.15, 0.2) is 0 Å². The molecule has 0 bridgehead atoms. The Morgan fingerprint density at radius 1 is 0.935 bits per heavy atom. The van der Waals surface area contributed by atoms with Gasteiger partial charge in [0, 0.05) is 5.02 Å². The Hall–Kier alpha value is -3.51. The lowest BCUT2D eigenvalue weighted by Gasteiger charge is -2.21. The molecule has 31 heavy (non-hydrogen) atoms. The van der Waals surface area contributed by atoms with Gasteiger partial charge in [-0.1, -0.05) is 60.1 Å². The summed E-state index contributed by atoms with van der Waals surface area (Å²) in [5.74, 6) is 1.02. The monoisotopic (exact) mass is 437 g/mol. The summed E-state index contributed by atoms with van der Waals surface area (Å²) in [5, 5.41) is 6.13. The number of hydrogen-bond acceptors (Lipinski definition) is 3. The van der Waals surface area contributed by atoms with Crippen molar-refractivity contribution in [2.24, 2.45) is 5.73 Å². The number of halogens is 1. The lowest BCUT2D eigenvalue weighted by Crippen LogP contribution is -2.37. The molecule has 3 aromatic carbocycles. The fraction of sp³-hybridized carbons (Fsp3) is 0.167. The topological polar surface area (TPSA) is 93.5 Å². The third kappa shape index (κ3) is 6.49. The second-order valence-corrected chi connectivity index (χ2v) is 7.47. The number of rotatable bonds is 8. The van der Waals surface area contributed by atoms with Gasteiger partial charge in [0.25, 0.3) is 0 Å². The predicted octanol–water partition coefficient (Wildman–Crippen LogP) is 5.11. The molecule has 3 aromatic rings. The molecule has 0 saturated heterocycles. The highest BCUT2D eigenvalue weighted by Crippen LogP contribution is 2.27. The van der Waals surface area contributed by atoms with E-state index in [0.29, 0.717) is 22.1 Å². The summed E-state index contributed by atoms with van der Waals surface area (Å²) in [7, 11) is 0. The first kappa shape index (κ1) is 22.2. The van der Waals surface area contributed by atoms with Crippen molar-refractivity contribution in [1.82, 2.24) is 10.6 Å². The molecule has 6 nitrogen and oxygen atoms in total. The lowest BCUT2D eigenvalue weighted by atomic mass is 10.0. The molecule has 160 valence electrons. The van der Waals surface area contributed by atoms with Gasteiger partial charge in [0.2, 0.25) is 5.91 Å². The minimum atomic E-state index is -0.716. The molecule has 0 heterocycles. The molecule has 0 aliphatic carbocycles. The molecule has 7 heteroatoms. The van der Waals surface area contributed by atoms with Gasteiger partial charge >= 0.3 is 6.03 Å².